The zero-order valence-corrected chi connectivity index (χ0v) is 13.1. The zero-order chi connectivity index (χ0) is 16.6. The normalized spacial score (nSPS) is 16.5. The fourth-order valence-electron chi connectivity index (χ4n) is 2.66. The predicted molar refractivity (Wildman–Crippen MR) is 87.2 cm³/mol. The average Bonchev–Trinajstić information content (AvgIpc) is 2.48. The SMILES string of the molecule is Cc1cc(Cl)ccc1NC(=O)C1CC(=O)Nc2cc(F)ccc21. The largest absolute Gasteiger partial charge is 0.326 e. The Morgan fingerprint density at radius 1 is 1.30 bits per heavy atom. The smallest absolute Gasteiger partial charge is 0.232 e. The number of carbonyl (C=O) groups is 2. The van der Waals surface area contributed by atoms with Gasteiger partial charge in [0, 0.05) is 22.8 Å². The number of anilines is 2. The maximum absolute atomic E-state index is 13.3. The highest BCUT2D eigenvalue weighted by molar-refractivity contribution is 6.30. The molecule has 0 saturated carbocycles. The summed E-state index contributed by atoms with van der Waals surface area (Å²) in [6.07, 6.45) is 0.0249. The van der Waals surface area contributed by atoms with Gasteiger partial charge in [-0.05, 0) is 48.4 Å². The number of rotatable bonds is 2. The molecular weight excluding hydrogens is 319 g/mol. The molecule has 6 heteroatoms. The first-order valence-corrected chi connectivity index (χ1v) is 7.48. The van der Waals surface area contributed by atoms with Crippen molar-refractivity contribution < 1.29 is 14.0 Å². The summed E-state index contributed by atoms with van der Waals surface area (Å²) in [6, 6.07) is 9.17. The first kappa shape index (κ1) is 15.5. The lowest BCUT2D eigenvalue weighted by atomic mass is 9.89. The van der Waals surface area contributed by atoms with Gasteiger partial charge in [-0.3, -0.25) is 9.59 Å². The van der Waals surface area contributed by atoms with Crippen molar-refractivity contribution in [1.29, 1.82) is 0 Å². The van der Waals surface area contributed by atoms with E-state index in [1.165, 1.54) is 18.2 Å². The van der Waals surface area contributed by atoms with Crippen LogP contribution in [0, 0.1) is 12.7 Å². The van der Waals surface area contributed by atoms with Crippen LogP contribution in [0.25, 0.3) is 0 Å². The molecule has 3 rings (SSSR count). The highest BCUT2D eigenvalue weighted by atomic mass is 35.5. The van der Waals surface area contributed by atoms with Crippen molar-refractivity contribution in [2.75, 3.05) is 10.6 Å². The van der Waals surface area contributed by atoms with Crippen molar-refractivity contribution in [1.82, 2.24) is 0 Å². The summed E-state index contributed by atoms with van der Waals surface area (Å²) in [5.74, 6) is -1.73. The third kappa shape index (κ3) is 3.19. The Labute approximate surface area is 137 Å². The van der Waals surface area contributed by atoms with Crippen molar-refractivity contribution in [2.24, 2.45) is 0 Å². The summed E-state index contributed by atoms with van der Waals surface area (Å²) >= 11 is 5.90. The lowest BCUT2D eigenvalue weighted by Crippen LogP contribution is -2.31. The number of hydrogen-bond donors (Lipinski definition) is 2. The molecule has 118 valence electrons. The van der Waals surface area contributed by atoms with Gasteiger partial charge in [0.25, 0.3) is 0 Å². The molecule has 0 saturated heterocycles. The topological polar surface area (TPSA) is 58.2 Å². The molecule has 1 aliphatic rings. The first-order valence-electron chi connectivity index (χ1n) is 7.10. The van der Waals surface area contributed by atoms with E-state index < -0.39 is 11.7 Å². The summed E-state index contributed by atoms with van der Waals surface area (Å²) in [4.78, 5) is 24.4. The van der Waals surface area contributed by atoms with Gasteiger partial charge in [0.1, 0.15) is 5.82 Å². The molecule has 2 N–H and O–H groups in total. The predicted octanol–water partition coefficient (Wildman–Crippen LogP) is 3.85. The Morgan fingerprint density at radius 2 is 2.09 bits per heavy atom. The minimum Gasteiger partial charge on any atom is -0.326 e. The number of carbonyl (C=O) groups excluding carboxylic acids is 2. The minimum absolute atomic E-state index is 0.0249. The number of fused-ring (bicyclic) bond motifs is 1. The molecule has 23 heavy (non-hydrogen) atoms. The van der Waals surface area contributed by atoms with Crippen molar-refractivity contribution in [3.63, 3.8) is 0 Å². The Hall–Kier alpha value is -2.40. The molecule has 2 aromatic carbocycles. The number of hydrogen-bond acceptors (Lipinski definition) is 2. The van der Waals surface area contributed by atoms with Gasteiger partial charge < -0.3 is 10.6 Å². The van der Waals surface area contributed by atoms with Crippen molar-refractivity contribution in [3.8, 4) is 0 Å². The molecule has 1 unspecified atom stereocenters. The maximum atomic E-state index is 13.3. The maximum Gasteiger partial charge on any atom is 0.232 e. The van der Waals surface area contributed by atoms with Crippen molar-refractivity contribution in [3.05, 3.63) is 58.4 Å². The lowest BCUT2D eigenvalue weighted by Gasteiger charge is -2.25. The van der Waals surface area contributed by atoms with Gasteiger partial charge in [-0.1, -0.05) is 17.7 Å². The Kier molecular flexibility index (Phi) is 4.05. The Bertz CT molecular complexity index is 807. The van der Waals surface area contributed by atoms with E-state index in [0.717, 1.165) is 5.56 Å². The van der Waals surface area contributed by atoms with Crippen LogP contribution in [0.3, 0.4) is 0 Å². The number of benzene rings is 2. The van der Waals surface area contributed by atoms with Gasteiger partial charge in [-0.15, -0.1) is 0 Å². The van der Waals surface area contributed by atoms with Crippen molar-refractivity contribution >= 4 is 34.8 Å². The van der Waals surface area contributed by atoms with Crippen LogP contribution in [0.1, 0.15) is 23.5 Å². The van der Waals surface area contributed by atoms with E-state index in [1.54, 1.807) is 18.2 Å². The average molecular weight is 333 g/mol. The van der Waals surface area contributed by atoms with Crippen LogP contribution in [0.15, 0.2) is 36.4 Å². The second kappa shape index (κ2) is 6.01. The molecule has 0 spiro atoms. The third-order valence-electron chi connectivity index (χ3n) is 3.82. The van der Waals surface area contributed by atoms with Gasteiger partial charge in [-0.25, -0.2) is 4.39 Å². The highest BCUT2D eigenvalue weighted by Crippen LogP contribution is 2.34. The van der Waals surface area contributed by atoms with Gasteiger partial charge in [0.05, 0.1) is 5.92 Å². The van der Waals surface area contributed by atoms with E-state index in [4.69, 9.17) is 11.6 Å². The molecule has 2 aromatic rings. The molecule has 0 fully saturated rings. The van der Waals surface area contributed by atoms with Crippen LogP contribution >= 0.6 is 11.6 Å². The third-order valence-corrected chi connectivity index (χ3v) is 4.05. The van der Waals surface area contributed by atoms with Crippen molar-refractivity contribution in [2.45, 2.75) is 19.3 Å². The lowest BCUT2D eigenvalue weighted by molar-refractivity contribution is -0.123. The molecule has 1 atom stereocenters. The van der Waals surface area contributed by atoms with E-state index in [9.17, 15) is 14.0 Å². The Balaban J connectivity index is 1.89. The highest BCUT2D eigenvalue weighted by Gasteiger charge is 2.31. The molecule has 0 bridgehead atoms. The van der Waals surface area contributed by atoms with Crippen LogP contribution in [0.4, 0.5) is 15.8 Å². The number of amides is 2. The van der Waals surface area contributed by atoms with Gasteiger partial charge >= 0.3 is 0 Å². The summed E-state index contributed by atoms with van der Waals surface area (Å²) in [5.41, 5.74) is 2.41. The quantitative estimate of drug-likeness (QED) is 0.877. The molecule has 0 radical (unpaired) electrons. The fraction of sp³-hybridized carbons (Fsp3) is 0.176. The van der Waals surface area contributed by atoms with Crippen LogP contribution < -0.4 is 10.6 Å². The van der Waals surface area contributed by atoms with Gasteiger partial charge in [0.2, 0.25) is 11.8 Å². The summed E-state index contributed by atoms with van der Waals surface area (Å²) < 4.78 is 13.3. The summed E-state index contributed by atoms with van der Waals surface area (Å²) in [6.45, 7) is 1.83. The van der Waals surface area contributed by atoms with E-state index in [0.29, 0.717) is 22.0 Å². The van der Waals surface area contributed by atoms with Crippen LogP contribution in [0.2, 0.25) is 5.02 Å². The van der Waals surface area contributed by atoms with E-state index in [1.807, 2.05) is 6.92 Å². The molecule has 0 aromatic heterocycles. The summed E-state index contributed by atoms with van der Waals surface area (Å²) in [7, 11) is 0. The standard InChI is InChI=1S/C17H14ClFN2O2/c1-9-6-10(18)2-5-14(9)21-17(23)13-8-16(22)20-15-7-11(19)3-4-12(13)15/h2-7,13H,8H2,1H3,(H,20,22)(H,21,23). The molecular formula is C17H14ClFN2O2. The van der Waals surface area contributed by atoms with E-state index in [-0.39, 0.29) is 18.2 Å². The Morgan fingerprint density at radius 3 is 2.83 bits per heavy atom. The monoisotopic (exact) mass is 332 g/mol. The molecule has 0 aliphatic carbocycles. The molecule has 2 amide bonds. The van der Waals surface area contributed by atoms with E-state index >= 15 is 0 Å². The van der Waals surface area contributed by atoms with Gasteiger partial charge in [-0.2, -0.15) is 0 Å². The van der Waals surface area contributed by atoms with Crippen LogP contribution in [-0.2, 0) is 9.59 Å². The summed E-state index contributed by atoms with van der Waals surface area (Å²) in [5, 5.41) is 5.99. The molecule has 1 aliphatic heterocycles. The molecule has 1 heterocycles. The number of nitrogens with one attached hydrogen (secondary N) is 2. The van der Waals surface area contributed by atoms with Gasteiger partial charge in [0.15, 0.2) is 0 Å². The number of halogens is 2. The first-order chi connectivity index (χ1) is 10.9. The van der Waals surface area contributed by atoms with E-state index in [2.05, 4.69) is 10.6 Å². The molecule has 4 nitrogen and oxygen atoms in total. The van der Waals surface area contributed by atoms with Crippen LogP contribution in [-0.4, -0.2) is 11.8 Å². The fourth-order valence-corrected chi connectivity index (χ4v) is 2.88. The zero-order valence-electron chi connectivity index (χ0n) is 12.3. The second-order valence-corrected chi connectivity index (χ2v) is 5.92. The number of aryl methyl sites for hydroxylation is 1. The minimum atomic E-state index is -0.658. The second-order valence-electron chi connectivity index (χ2n) is 5.48. The van der Waals surface area contributed by atoms with Crippen LogP contribution in [0.5, 0.6) is 0 Å².